The Morgan fingerprint density at radius 2 is 2.10 bits per heavy atom. The molecule has 0 atom stereocenters. The van der Waals surface area contributed by atoms with Gasteiger partial charge in [0, 0.05) is 11.1 Å². The van der Waals surface area contributed by atoms with Crippen LogP contribution in [0.25, 0.3) is 0 Å². The number of carbonyl (C=O) groups excluding carboxylic acids is 1. The molecule has 2 heterocycles. The van der Waals surface area contributed by atoms with Crippen LogP contribution < -0.4 is 5.32 Å². The molecule has 0 fully saturated rings. The Hall–Kier alpha value is -1.63. The fraction of sp³-hybridized carbons (Fsp3) is 0.154. The van der Waals surface area contributed by atoms with E-state index in [0.717, 1.165) is 4.88 Å². The number of halogens is 2. The number of hydrogen-bond acceptors (Lipinski definition) is 4. The third kappa shape index (κ3) is 3.53. The van der Waals surface area contributed by atoms with Crippen LogP contribution in [0.5, 0.6) is 0 Å². The molecule has 0 aliphatic heterocycles. The lowest BCUT2D eigenvalue weighted by atomic mass is 10.2. The molecule has 2 rings (SSSR count). The lowest BCUT2D eigenvalue weighted by Gasteiger charge is -2.04. The Labute approximate surface area is 134 Å². The van der Waals surface area contributed by atoms with Crippen LogP contribution in [0, 0.1) is 0 Å². The van der Waals surface area contributed by atoms with Crippen molar-refractivity contribution in [2.75, 3.05) is 5.32 Å². The number of rotatable bonds is 4. The fourth-order valence-electron chi connectivity index (χ4n) is 1.59. The van der Waals surface area contributed by atoms with Crippen molar-refractivity contribution in [3.05, 3.63) is 44.5 Å². The minimum Gasteiger partial charge on any atom is -0.478 e. The standard InChI is InChI=1S/C13H10Cl2N2O3S/c1-2-7-4-8(13(19)20)12(21-7)17-11(18)6-3-9(14)10(15)16-5-6/h3-5H,2H2,1H3,(H,17,18)(H,19,20). The molecule has 2 N–H and O–H groups in total. The zero-order valence-electron chi connectivity index (χ0n) is 10.8. The number of carboxylic acid groups (broad SMARTS) is 1. The van der Waals surface area contributed by atoms with Gasteiger partial charge in [0.15, 0.2) is 0 Å². The maximum absolute atomic E-state index is 12.1. The van der Waals surface area contributed by atoms with E-state index < -0.39 is 11.9 Å². The summed E-state index contributed by atoms with van der Waals surface area (Å²) in [5.74, 6) is -1.58. The quantitative estimate of drug-likeness (QED) is 0.822. The van der Waals surface area contributed by atoms with Crippen LogP contribution in [0.2, 0.25) is 10.2 Å². The topological polar surface area (TPSA) is 79.3 Å². The molecule has 0 bridgehead atoms. The van der Waals surface area contributed by atoms with E-state index in [1.807, 2.05) is 6.92 Å². The highest BCUT2D eigenvalue weighted by Crippen LogP contribution is 2.29. The van der Waals surface area contributed by atoms with Gasteiger partial charge in [-0.3, -0.25) is 4.79 Å². The van der Waals surface area contributed by atoms with Crippen molar-refractivity contribution < 1.29 is 14.7 Å². The molecule has 110 valence electrons. The Bertz CT molecular complexity index is 715. The number of amides is 1. The Balaban J connectivity index is 2.28. The third-order valence-corrected chi connectivity index (χ3v) is 4.53. The first-order valence-corrected chi connectivity index (χ1v) is 7.48. The van der Waals surface area contributed by atoms with Gasteiger partial charge in [0.2, 0.25) is 0 Å². The highest BCUT2D eigenvalue weighted by molar-refractivity contribution is 7.16. The summed E-state index contributed by atoms with van der Waals surface area (Å²) in [6.07, 6.45) is 1.97. The van der Waals surface area contributed by atoms with E-state index in [4.69, 9.17) is 28.3 Å². The number of anilines is 1. The Morgan fingerprint density at radius 3 is 2.67 bits per heavy atom. The highest BCUT2D eigenvalue weighted by Gasteiger charge is 2.18. The summed E-state index contributed by atoms with van der Waals surface area (Å²) < 4.78 is 0. The van der Waals surface area contributed by atoms with E-state index in [9.17, 15) is 9.59 Å². The number of hydrogen-bond donors (Lipinski definition) is 2. The van der Waals surface area contributed by atoms with Crippen LogP contribution in [0.15, 0.2) is 18.3 Å². The normalized spacial score (nSPS) is 10.4. The molecule has 8 heteroatoms. The summed E-state index contributed by atoms with van der Waals surface area (Å²) >= 11 is 12.7. The summed E-state index contributed by atoms with van der Waals surface area (Å²) in [6.45, 7) is 1.91. The molecule has 0 spiro atoms. The summed E-state index contributed by atoms with van der Waals surface area (Å²) in [6, 6.07) is 2.93. The number of aromatic nitrogens is 1. The molecule has 1 amide bonds. The first-order valence-electron chi connectivity index (χ1n) is 5.90. The molecule has 5 nitrogen and oxygen atoms in total. The molecule has 0 radical (unpaired) electrons. The molecular weight excluding hydrogens is 335 g/mol. The molecule has 0 unspecified atom stereocenters. The second-order valence-corrected chi connectivity index (χ2v) is 5.97. The first-order chi connectivity index (χ1) is 9.92. The number of aromatic carboxylic acids is 1. The summed E-state index contributed by atoms with van der Waals surface area (Å²) in [7, 11) is 0. The smallest absolute Gasteiger partial charge is 0.338 e. The molecule has 0 aliphatic rings. The first kappa shape index (κ1) is 15.8. The van der Waals surface area contributed by atoms with Crippen LogP contribution in [-0.4, -0.2) is 22.0 Å². The predicted molar refractivity (Wildman–Crippen MR) is 82.9 cm³/mol. The predicted octanol–water partition coefficient (Wildman–Crippen LogP) is 3.96. The largest absolute Gasteiger partial charge is 0.478 e. The third-order valence-electron chi connectivity index (χ3n) is 2.65. The fourth-order valence-corrected chi connectivity index (χ4v) is 2.84. The van der Waals surface area contributed by atoms with Crippen LogP contribution in [-0.2, 0) is 6.42 Å². The van der Waals surface area contributed by atoms with Crippen LogP contribution in [0.4, 0.5) is 5.00 Å². The van der Waals surface area contributed by atoms with E-state index in [2.05, 4.69) is 10.3 Å². The molecule has 0 saturated carbocycles. The van der Waals surface area contributed by atoms with Gasteiger partial charge in [0.1, 0.15) is 10.2 Å². The van der Waals surface area contributed by atoms with Gasteiger partial charge in [-0.05, 0) is 18.6 Å². The lowest BCUT2D eigenvalue weighted by Crippen LogP contribution is -2.13. The van der Waals surface area contributed by atoms with Gasteiger partial charge in [0.05, 0.1) is 16.1 Å². The van der Waals surface area contributed by atoms with Crippen LogP contribution in [0.1, 0.15) is 32.5 Å². The van der Waals surface area contributed by atoms with E-state index in [-0.39, 0.29) is 26.3 Å². The maximum Gasteiger partial charge on any atom is 0.338 e. The van der Waals surface area contributed by atoms with E-state index in [1.165, 1.54) is 23.6 Å². The van der Waals surface area contributed by atoms with Gasteiger partial charge in [-0.1, -0.05) is 30.1 Å². The molecule has 2 aromatic rings. The maximum atomic E-state index is 12.1. The van der Waals surface area contributed by atoms with Gasteiger partial charge in [0.25, 0.3) is 5.91 Å². The van der Waals surface area contributed by atoms with Crippen molar-refractivity contribution in [1.82, 2.24) is 4.98 Å². The molecule has 0 aromatic carbocycles. The van der Waals surface area contributed by atoms with E-state index in [1.54, 1.807) is 6.07 Å². The van der Waals surface area contributed by atoms with Gasteiger partial charge >= 0.3 is 5.97 Å². The Morgan fingerprint density at radius 1 is 1.38 bits per heavy atom. The monoisotopic (exact) mass is 344 g/mol. The van der Waals surface area contributed by atoms with Gasteiger partial charge in [-0.25, -0.2) is 9.78 Å². The van der Waals surface area contributed by atoms with Gasteiger partial charge < -0.3 is 10.4 Å². The van der Waals surface area contributed by atoms with Crippen LogP contribution in [0.3, 0.4) is 0 Å². The highest BCUT2D eigenvalue weighted by atomic mass is 35.5. The molecule has 0 aliphatic carbocycles. The summed E-state index contributed by atoms with van der Waals surface area (Å²) in [4.78, 5) is 27.9. The number of thiophene rings is 1. The zero-order chi connectivity index (χ0) is 15.6. The zero-order valence-corrected chi connectivity index (χ0v) is 13.1. The molecular formula is C13H10Cl2N2O3S. The van der Waals surface area contributed by atoms with Crippen molar-refractivity contribution in [3.63, 3.8) is 0 Å². The van der Waals surface area contributed by atoms with Crippen molar-refractivity contribution >= 4 is 51.4 Å². The summed E-state index contributed by atoms with van der Waals surface area (Å²) in [5.41, 5.74) is 0.269. The van der Waals surface area contributed by atoms with Crippen molar-refractivity contribution in [2.24, 2.45) is 0 Å². The van der Waals surface area contributed by atoms with Crippen molar-refractivity contribution in [1.29, 1.82) is 0 Å². The number of aryl methyl sites for hydroxylation is 1. The second-order valence-electron chi connectivity index (χ2n) is 4.06. The second kappa shape index (κ2) is 6.43. The van der Waals surface area contributed by atoms with Crippen molar-refractivity contribution in [3.8, 4) is 0 Å². The molecule has 2 aromatic heterocycles. The SMILES string of the molecule is CCc1cc(C(=O)O)c(NC(=O)c2cnc(Cl)c(Cl)c2)s1. The average molecular weight is 345 g/mol. The number of carboxylic acids is 1. The molecule has 21 heavy (non-hydrogen) atoms. The summed E-state index contributed by atoms with van der Waals surface area (Å²) in [5, 5.41) is 12.3. The van der Waals surface area contributed by atoms with E-state index >= 15 is 0 Å². The number of carbonyl (C=O) groups is 2. The number of pyridine rings is 1. The van der Waals surface area contributed by atoms with Crippen LogP contribution >= 0.6 is 34.5 Å². The minimum absolute atomic E-state index is 0.0678. The lowest BCUT2D eigenvalue weighted by molar-refractivity contribution is 0.0698. The van der Waals surface area contributed by atoms with Crippen molar-refractivity contribution in [2.45, 2.75) is 13.3 Å². The molecule has 0 saturated heterocycles. The number of nitrogens with zero attached hydrogens (tertiary/aromatic N) is 1. The minimum atomic E-state index is -1.09. The number of nitrogens with one attached hydrogen (secondary N) is 1. The Kier molecular flexibility index (Phi) is 4.82. The van der Waals surface area contributed by atoms with E-state index in [0.29, 0.717) is 6.42 Å². The average Bonchev–Trinajstić information content (AvgIpc) is 2.85. The van der Waals surface area contributed by atoms with Gasteiger partial charge in [-0.15, -0.1) is 11.3 Å². The van der Waals surface area contributed by atoms with Gasteiger partial charge in [-0.2, -0.15) is 0 Å².